The van der Waals surface area contributed by atoms with Crippen LogP contribution in [0.5, 0.6) is 0 Å². The first kappa shape index (κ1) is 16.7. The number of likely N-dealkylation sites (tertiary alicyclic amines) is 1. The molecule has 1 amide bonds. The number of hydrogen-bond donors (Lipinski definition) is 1. The summed E-state index contributed by atoms with van der Waals surface area (Å²) in [7, 11) is 0. The number of amides is 1. The summed E-state index contributed by atoms with van der Waals surface area (Å²) in [6.45, 7) is 6.42. The normalized spacial score (nSPS) is 18.2. The Morgan fingerprint density at radius 3 is 2.00 bits per heavy atom. The molecule has 2 aromatic rings. The van der Waals surface area contributed by atoms with E-state index in [0.717, 1.165) is 30.6 Å². The summed E-state index contributed by atoms with van der Waals surface area (Å²) in [6, 6.07) is 20.9. The Balaban J connectivity index is 1.78. The molecule has 0 radical (unpaired) electrons. The van der Waals surface area contributed by atoms with Crippen LogP contribution in [0.4, 0.5) is 0 Å². The molecular formula is C21H26N2O. The maximum absolute atomic E-state index is 13.0. The zero-order chi connectivity index (χ0) is 16.9. The number of carbonyl (C=O) groups is 1. The molecule has 0 bridgehead atoms. The van der Waals surface area contributed by atoms with Gasteiger partial charge in [0.25, 0.3) is 0 Å². The summed E-state index contributed by atoms with van der Waals surface area (Å²) >= 11 is 0. The Labute approximate surface area is 144 Å². The molecule has 0 aromatic heterocycles. The zero-order valence-corrected chi connectivity index (χ0v) is 14.5. The molecule has 1 heterocycles. The molecule has 0 spiro atoms. The second-order valence-corrected chi connectivity index (χ2v) is 6.84. The maximum atomic E-state index is 13.0. The van der Waals surface area contributed by atoms with Crippen molar-refractivity contribution in [3.63, 3.8) is 0 Å². The van der Waals surface area contributed by atoms with E-state index in [0.29, 0.717) is 6.04 Å². The third-order valence-electron chi connectivity index (χ3n) is 4.82. The van der Waals surface area contributed by atoms with Crippen LogP contribution in [-0.2, 0) is 4.79 Å². The summed E-state index contributed by atoms with van der Waals surface area (Å²) in [4.78, 5) is 15.5. The van der Waals surface area contributed by atoms with Crippen LogP contribution in [-0.4, -0.2) is 36.0 Å². The van der Waals surface area contributed by atoms with Crippen molar-refractivity contribution in [3.05, 3.63) is 71.8 Å². The highest BCUT2D eigenvalue weighted by molar-refractivity contribution is 5.87. The highest BCUT2D eigenvalue weighted by Crippen LogP contribution is 2.25. The van der Waals surface area contributed by atoms with E-state index in [1.807, 2.05) is 60.7 Å². The Bertz CT molecular complexity index is 615. The average Bonchev–Trinajstić information content (AvgIpc) is 3.06. The van der Waals surface area contributed by atoms with Crippen LogP contribution >= 0.6 is 0 Å². The molecule has 1 aliphatic rings. The van der Waals surface area contributed by atoms with E-state index in [2.05, 4.69) is 24.1 Å². The lowest BCUT2D eigenvalue weighted by Crippen LogP contribution is -2.41. The molecule has 0 saturated carbocycles. The molecule has 1 aliphatic heterocycles. The monoisotopic (exact) mass is 322 g/mol. The van der Waals surface area contributed by atoms with Crippen molar-refractivity contribution in [3.8, 4) is 0 Å². The van der Waals surface area contributed by atoms with Crippen LogP contribution in [0, 0.1) is 0 Å². The first-order valence-electron chi connectivity index (χ1n) is 8.79. The predicted octanol–water partition coefficient (Wildman–Crippen LogP) is 3.42. The summed E-state index contributed by atoms with van der Waals surface area (Å²) in [5.74, 6) is -0.150. The van der Waals surface area contributed by atoms with E-state index in [1.54, 1.807) is 0 Å². The summed E-state index contributed by atoms with van der Waals surface area (Å²) in [5, 5.41) is 3.28. The van der Waals surface area contributed by atoms with Gasteiger partial charge in [-0.15, -0.1) is 0 Å². The topological polar surface area (TPSA) is 32.3 Å². The minimum absolute atomic E-state index is 0.100. The molecule has 1 fully saturated rings. The molecule has 24 heavy (non-hydrogen) atoms. The van der Waals surface area contributed by atoms with Gasteiger partial charge in [-0.25, -0.2) is 0 Å². The van der Waals surface area contributed by atoms with Crippen LogP contribution < -0.4 is 5.32 Å². The standard InChI is InChI=1S/C21H26N2O/c1-16(2)23-14-13-19(15-23)22-21(24)20(17-9-5-3-6-10-17)18-11-7-4-8-12-18/h3-12,16,19-20H,13-15H2,1-2H3,(H,22,24)/t19-/m0/s1. The van der Waals surface area contributed by atoms with Crippen molar-refractivity contribution < 1.29 is 4.79 Å². The quantitative estimate of drug-likeness (QED) is 0.915. The van der Waals surface area contributed by atoms with Crippen LogP contribution in [0.2, 0.25) is 0 Å². The third-order valence-corrected chi connectivity index (χ3v) is 4.82. The second-order valence-electron chi connectivity index (χ2n) is 6.84. The minimum atomic E-state index is -0.250. The highest BCUT2D eigenvalue weighted by Gasteiger charge is 2.29. The second kappa shape index (κ2) is 7.63. The van der Waals surface area contributed by atoms with Crippen molar-refractivity contribution in [2.45, 2.75) is 38.3 Å². The fraction of sp³-hybridized carbons (Fsp3) is 0.381. The molecule has 1 atom stereocenters. The van der Waals surface area contributed by atoms with Gasteiger partial charge < -0.3 is 5.32 Å². The lowest BCUT2D eigenvalue weighted by Gasteiger charge is -2.23. The van der Waals surface area contributed by atoms with Gasteiger partial charge in [0.2, 0.25) is 5.91 Å². The van der Waals surface area contributed by atoms with Gasteiger partial charge in [-0.3, -0.25) is 9.69 Å². The largest absolute Gasteiger partial charge is 0.351 e. The van der Waals surface area contributed by atoms with Crippen molar-refractivity contribution in [2.24, 2.45) is 0 Å². The van der Waals surface area contributed by atoms with Crippen LogP contribution in [0.1, 0.15) is 37.3 Å². The fourth-order valence-corrected chi connectivity index (χ4v) is 3.44. The number of benzene rings is 2. The van der Waals surface area contributed by atoms with Gasteiger partial charge in [-0.1, -0.05) is 60.7 Å². The number of nitrogens with one attached hydrogen (secondary N) is 1. The molecule has 3 rings (SSSR count). The van der Waals surface area contributed by atoms with Crippen molar-refractivity contribution in [1.82, 2.24) is 10.2 Å². The average molecular weight is 322 g/mol. The van der Waals surface area contributed by atoms with E-state index < -0.39 is 0 Å². The fourth-order valence-electron chi connectivity index (χ4n) is 3.44. The molecule has 126 valence electrons. The number of rotatable bonds is 5. The summed E-state index contributed by atoms with van der Waals surface area (Å²) in [6.07, 6.45) is 1.03. The highest BCUT2D eigenvalue weighted by atomic mass is 16.2. The van der Waals surface area contributed by atoms with E-state index in [1.165, 1.54) is 0 Å². The molecule has 1 saturated heterocycles. The van der Waals surface area contributed by atoms with Gasteiger partial charge in [0.05, 0.1) is 5.92 Å². The van der Waals surface area contributed by atoms with E-state index in [-0.39, 0.29) is 17.9 Å². The number of nitrogens with zero attached hydrogens (tertiary/aromatic N) is 1. The van der Waals surface area contributed by atoms with Gasteiger partial charge in [-0.05, 0) is 31.4 Å². The van der Waals surface area contributed by atoms with Gasteiger partial charge >= 0.3 is 0 Å². The first-order chi connectivity index (χ1) is 11.6. The molecule has 0 unspecified atom stereocenters. The molecule has 2 aromatic carbocycles. The van der Waals surface area contributed by atoms with Crippen LogP contribution in [0.3, 0.4) is 0 Å². The van der Waals surface area contributed by atoms with E-state index in [9.17, 15) is 4.79 Å². The van der Waals surface area contributed by atoms with Crippen molar-refractivity contribution >= 4 is 5.91 Å². The number of hydrogen-bond acceptors (Lipinski definition) is 2. The van der Waals surface area contributed by atoms with Gasteiger partial charge in [0.1, 0.15) is 0 Å². The molecule has 0 aliphatic carbocycles. The van der Waals surface area contributed by atoms with Gasteiger partial charge in [0.15, 0.2) is 0 Å². The van der Waals surface area contributed by atoms with Crippen molar-refractivity contribution in [2.75, 3.05) is 13.1 Å². The Hall–Kier alpha value is -2.13. The van der Waals surface area contributed by atoms with Crippen molar-refractivity contribution in [1.29, 1.82) is 0 Å². The molecular weight excluding hydrogens is 296 g/mol. The van der Waals surface area contributed by atoms with E-state index in [4.69, 9.17) is 0 Å². The number of carbonyl (C=O) groups excluding carboxylic acids is 1. The Kier molecular flexibility index (Phi) is 5.31. The third kappa shape index (κ3) is 3.85. The molecule has 3 heteroatoms. The zero-order valence-electron chi connectivity index (χ0n) is 14.5. The molecule has 1 N–H and O–H groups in total. The maximum Gasteiger partial charge on any atom is 0.232 e. The SMILES string of the molecule is CC(C)N1CC[C@H](NC(=O)C(c2ccccc2)c2ccccc2)C1. The predicted molar refractivity (Wildman–Crippen MR) is 98.0 cm³/mol. The van der Waals surface area contributed by atoms with Crippen LogP contribution in [0.25, 0.3) is 0 Å². The van der Waals surface area contributed by atoms with Gasteiger partial charge in [-0.2, -0.15) is 0 Å². The first-order valence-corrected chi connectivity index (χ1v) is 8.79. The lowest BCUT2D eigenvalue weighted by atomic mass is 9.90. The minimum Gasteiger partial charge on any atom is -0.351 e. The smallest absolute Gasteiger partial charge is 0.232 e. The summed E-state index contributed by atoms with van der Waals surface area (Å²) in [5.41, 5.74) is 2.08. The van der Waals surface area contributed by atoms with E-state index >= 15 is 0 Å². The summed E-state index contributed by atoms with van der Waals surface area (Å²) < 4.78 is 0. The molecule has 3 nitrogen and oxygen atoms in total. The van der Waals surface area contributed by atoms with Crippen LogP contribution in [0.15, 0.2) is 60.7 Å². The Morgan fingerprint density at radius 1 is 1.00 bits per heavy atom. The van der Waals surface area contributed by atoms with Gasteiger partial charge in [0, 0.05) is 25.2 Å². The Morgan fingerprint density at radius 2 is 1.54 bits per heavy atom. The lowest BCUT2D eigenvalue weighted by molar-refractivity contribution is -0.122.